The maximum Gasteiger partial charge on any atom is 0.0928 e. The molecule has 90 valence electrons. The first-order chi connectivity index (χ1) is 7.61. The summed E-state index contributed by atoms with van der Waals surface area (Å²) in [6.07, 6.45) is 0.593. The molecule has 0 radical (unpaired) electrons. The molecule has 0 aromatic heterocycles. The second kappa shape index (κ2) is 6.89. The first-order valence-electron chi connectivity index (χ1n) is 5.74. The highest BCUT2D eigenvalue weighted by Gasteiger charge is 2.09. The first kappa shape index (κ1) is 13.5. The zero-order chi connectivity index (χ0) is 12.0. The summed E-state index contributed by atoms with van der Waals surface area (Å²) in [5.74, 6) is 0.685. The van der Waals surface area contributed by atoms with Crippen LogP contribution in [-0.2, 0) is 0 Å². The number of aliphatic hydroxyl groups excluding tert-OH is 1. The largest absolute Gasteiger partial charge is 0.387 e. The number of aliphatic hydroxyl groups is 1. The molecule has 0 saturated carbocycles. The highest BCUT2D eigenvalue weighted by atomic mass is 35.5. The van der Waals surface area contributed by atoms with Gasteiger partial charge >= 0.3 is 0 Å². The Hall–Kier alpha value is -0.570. The van der Waals surface area contributed by atoms with Crippen molar-refractivity contribution in [1.29, 1.82) is 0 Å². The number of benzene rings is 1. The maximum atomic E-state index is 9.92. The van der Waals surface area contributed by atoms with E-state index in [9.17, 15) is 5.11 Å². The Bertz CT molecular complexity index is 315. The molecule has 0 aliphatic rings. The topological polar surface area (TPSA) is 32.3 Å². The van der Waals surface area contributed by atoms with E-state index in [0.717, 1.165) is 18.5 Å². The first-order valence-corrected chi connectivity index (χ1v) is 6.12. The van der Waals surface area contributed by atoms with Crippen LogP contribution in [0.2, 0.25) is 5.02 Å². The van der Waals surface area contributed by atoms with E-state index in [2.05, 4.69) is 19.2 Å². The fourth-order valence-electron chi connectivity index (χ4n) is 1.48. The van der Waals surface area contributed by atoms with Gasteiger partial charge in [0, 0.05) is 17.1 Å². The van der Waals surface area contributed by atoms with Crippen molar-refractivity contribution in [1.82, 2.24) is 5.32 Å². The summed E-state index contributed by atoms with van der Waals surface area (Å²) in [6, 6.07) is 7.41. The molecule has 1 unspecified atom stereocenters. The van der Waals surface area contributed by atoms with Crippen molar-refractivity contribution in [3.05, 3.63) is 34.9 Å². The summed E-state index contributed by atoms with van der Waals surface area (Å²) in [5, 5.41) is 13.8. The predicted molar refractivity (Wildman–Crippen MR) is 68.7 cm³/mol. The van der Waals surface area contributed by atoms with Crippen LogP contribution in [0.25, 0.3) is 0 Å². The van der Waals surface area contributed by atoms with Gasteiger partial charge in [-0.05, 0) is 24.9 Å². The van der Waals surface area contributed by atoms with Crippen LogP contribution in [0.15, 0.2) is 24.3 Å². The van der Waals surface area contributed by atoms with Crippen LogP contribution in [0, 0.1) is 5.92 Å². The standard InChI is InChI=1S/C13H20ClNO/c1-10(2)7-8-15-9-13(16)11-5-3-4-6-12(11)14/h3-6,10,13,15-16H,7-9H2,1-2H3. The molecule has 1 aromatic carbocycles. The molecule has 0 saturated heterocycles. The van der Waals surface area contributed by atoms with Gasteiger partial charge in [-0.25, -0.2) is 0 Å². The normalized spacial score (nSPS) is 13.1. The summed E-state index contributed by atoms with van der Waals surface area (Å²) in [5.41, 5.74) is 0.793. The van der Waals surface area contributed by atoms with Crippen molar-refractivity contribution in [2.75, 3.05) is 13.1 Å². The Morgan fingerprint density at radius 2 is 2.00 bits per heavy atom. The van der Waals surface area contributed by atoms with Gasteiger partial charge in [0.05, 0.1) is 6.10 Å². The molecule has 0 amide bonds. The van der Waals surface area contributed by atoms with Gasteiger partial charge in [-0.1, -0.05) is 43.6 Å². The molecule has 0 spiro atoms. The van der Waals surface area contributed by atoms with E-state index >= 15 is 0 Å². The Morgan fingerprint density at radius 3 is 2.62 bits per heavy atom. The van der Waals surface area contributed by atoms with Gasteiger partial charge < -0.3 is 10.4 Å². The van der Waals surface area contributed by atoms with Gasteiger partial charge in [-0.15, -0.1) is 0 Å². The summed E-state index contributed by atoms with van der Waals surface area (Å²) >= 11 is 5.99. The lowest BCUT2D eigenvalue weighted by atomic mass is 10.1. The monoisotopic (exact) mass is 241 g/mol. The van der Waals surface area contributed by atoms with Crippen molar-refractivity contribution in [3.8, 4) is 0 Å². The molecule has 1 rings (SSSR count). The van der Waals surface area contributed by atoms with Crippen LogP contribution >= 0.6 is 11.6 Å². The van der Waals surface area contributed by atoms with E-state index < -0.39 is 6.10 Å². The third-order valence-corrected chi connectivity index (χ3v) is 2.84. The van der Waals surface area contributed by atoms with Crippen LogP contribution in [0.5, 0.6) is 0 Å². The lowest BCUT2D eigenvalue weighted by molar-refractivity contribution is 0.174. The second-order valence-electron chi connectivity index (χ2n) is 4.42. The third-order valence-electron chi connectivity index (χ3n) is 2.50. The summed E-state index contributed by atoms with van der Waals surface area (Å²) in [6.45, 7) is 5.86. The number of hydrogen-bond donors (Lipinski definition) is 2. The van der Waals surface area contributed by atoms with E-state index in [4.69, 9.17) is 11.6 Å². The van der Waals surface area contributed by atoms with Crippen molar-refractivity contribution in [2.24, 2.45) is 5.92 Å². The fraction of sp³-hybridized carbons (Fsp3) is 0.538. The minimum absolute atomic E-state index is 0.527. The zero-order valence-corrected chi connectivity index (χ0v) is 10.7. The third kappa shape index (κ3) is 4.52. The Kier molecular flexibility index (Phi) is 5.81. The average molecular weight is 242 g/mol. The molecule has 0 aliphatic carbocycles. The maximum absolute atomic E-state index is 9.92. The molecule has 1 atom stereocenters. The summed E-state index contributed by atoms with van der Waals surface area (Å²) in [4.78, 5) is 0. The van der Waals surface area contributed by atoms with Crippen LogP contribution in [0.4, 0.5) is 0 Å². The Balaban J connectivity index is 2.35. The van der Waals surface area contributed by atoms with E-state index in [0.29, 0.717) is 17.5 Å². The molecular weight excluding hydrogens is 222 g/mol. The number of rotatable bonds is 6. The molecule has 16 heavy (non-hydrogen) atoms. The summed E-state index contributed by atoms with van der Waals surface area (Å²) < 4.78 is 0. The number of hydrogen-bond acceptors (Lipinski definition) is 2. The van der Waals surface area contributed by atoms with Crippen LogP contribution in [0.3, 0.4) is 0 Å². The van der Waals surface area contributed by atoms with Gasteiger partial charge in [0.2, 0.25) is 0 Å². The van der Waals surface area contributed by atoms with Gasteiger partial charge in [-0.2, -0.15) is 0 Å². The minimum Gasteiger partial charge on any atom is -0.387 e. The number of halogens is 1. The van der Waals surface area contributed by atoms with Crippen molar-refractivity contribution in [3.63, 3.8) is 0 Å². The molecule has 0 fully saturated rings. The second-order valence-corrected chi connectivity index (χ2v) is 4.83. The SMILES string of the molecule is CC(C)CCNCC(O)c1ccccc1Cl. The molecule has 0 bridgehead atoms. The molecule has 0 heterocycles. The minimum atomic E-state index is -0.527. The van der Waals surface area contributed by atoms with Crippen molar-refractivity contribution < 1.29 is 5.11 Å². The summed E-state index contributed by atoms with van der Waals surface area (Å²) in [7, 11) is 0. The van der Waals surface area contributed by atoms with Crippen LogP contribution in [-0.4, -0.2) is 18.2 Å². The quantitative estimate of drug-likeness (QED) is 0.751. The van der Waals surface area contributed by atoms with Crippen molar-refractivity contribution >= 4 is 11.6 Å². The predicted octanol–water partition coefficient (Wildman–Crippen LogP) is 3.01. The van der Waals surface area contributed by atoms with Gasteiger partial charge in [0.1, 0.15) is 0 Å². The fourth-order valence-corrected chi connectivity index (χ4v) is 1.75. The number of nitrogens with one attached hydrogen (secondary N) is 1. The lowest BCUT2D eigenvalue weighted by Gasteiger charge is -2.14. The van der Waals surface area contributed by atoms with Gasteiger partial charge in [-0.3, -0.25) is 0 Å². The van der Waals surface area contributed by atoms with Crippen molar-refractivity contribution in [2.45, 2.75) is 26.4 Å². The molecule has 2 nitrogen and oxygen atoms in total. The van der Waals surface area contributed by atoms with Crippen LogP contribution < -0.4 is 5.32 Å². The van der Waals surface area contributed by atoms with Gasteiger partial charge in [0.15, 0.2) is 0 Å². The van der Waals surface area contributed by atoms with E-state index in [-0.39, 0.29) is 0 Å². The molecule has 0 aliphatic heterocycles. The van der Waals surface area contributed by atoms with Crippen LogP contribution in [0.1, 0.15) is 31.9 Å². The van der Waals surface area contributed by atoms with Gasteiger partial charge in [0.25, 0.3) is 0 Å². The molecule has 2 N–H and O–H groups in total. The van der Waals surface area contributed by atoms with E-state index in [1.54, 1.807) is 6.07 Å². The molecular formula is C13H20ClNO. The highest BCUT2D eigenvalue weighted by molar-refractivity contribution is 6.31. The molecule has 1 aromatic rings. The highest BCUT2D eigenvalue weighted by Crippen LogP contribution is 2.21. The average Bonchev–Trinajstić information content (AvgIpc) is 2.24. The Morgan fingerprint density at radius 1 is 1.31 bits per heavy atom. The van der Waals surface area contributed by atoms with E-state index in [1.807, 2.05) is 18.2 Å². The smallest absolute Gasteiger partial charge is 0.0928 e. The van der Waals surface area contributed by atoms with E-state index in [1.165, 1.54) is 0 Å². The Labute approximate surface area is 103 Å². The lowest BCUT2D eigenvalue weighted by Crippen LogP contribution is -2.23. The zero-order valence-electron chi connectivity index (χ0n) is 9.91. The molecule has 3 heteroatoms.